The summed E-state index contributed by atoms with van der Waals surface area (Å²) in [6, 6.07) is 5.74. The smallest absolute Gasteiger partial charge is 0.0648 e. The van der Waals surface area contributed by atoms with Gasteiger partial charge in [0, 0.05) is 37.1 Å². The summed E-state index contributed by atoms with van der Waals surface area (Å²) in [6.45, 7) is 2.29. The highest BCUT2D eigenvalue weighted by molar-refractivity contribution is 6.16. The van der Waals surface area contributed by atoms with E-state index >= 15 is 0 Å². The van der Waals surface area contributed by atoms with Crippen molar-refractivity contribution in [3.8, 4) is 0 Å². The molecule has 2 unspecified atom stereocenters. The maximum atomic E-state index is 5.87. The molecule has 3 rings (SSSR count). The number of fused-ring (bicyclic) bond motifs is 2. The summed E-state index contributed by atoms with van der Waals surface area (Å²) in [5.41, 5.74) is 2.25. The van der Waals surface area contributed by atoms with E-state index in [1.165, 1.54) is 24.9 Å². The van der Waals surface area contributed by atoms with Gasteiger partial charge < -0.3 is 4.90 Å². The number of likely N-dealkylation sites (N-methyl/N-ethyl adjacent to an activating group) is 1. The fourth-order valence-corrected chi connectivity index (χ4v) is 3.42. The maximum absolute atomic E-state index is 5.87. The van der Waals surface area contributed by atoms with Crippen LogP contribution >= 0.6 is 11.6 Å². The molecule has 1 aromatic heterocycles. The second-order valence-corrected chi connectivity index (χ2v) is 5.69. The third-order valence-electron chi connectivity index (χ3n) is 4.45. The van der Waals surface area contributed by atoms with Crippen LogP contribution in [-0.4, -0.2) is 42.1 Å². The topological polar surface area (TPSA) is 19.4 Å². The fourth-order valence-electron chi connectivity index (χ4n) is 3.28. The van der Waals surface area contributed by atoms with E-state index in [0.717, 1.165) is 24.8 Å². The largest absolute Gasteiger partial charge is 0.370 e. The Labute approximate surface area is 114 Å². The Kier molecular flexibility index (Phi) is 3.44. The Morgan fingerprint density at radius 2 is 2.17 bits per heavy atom. The first-order valence-corrected chi connectivity index (χ1v) is 7.29. The van der Waals surface area contributed by atoms with E-state index in [0.29, 0.717) is 11.9 Å². The van der Waals surface area contributed by atoms with Gasteiger partial charge in [-0.05, 0) is 38.4 Å². The lowest BCUT2D eigenvalue weighted by Crippen LogP contribution is -2.36. The van der Waals surface area contributed by atoms with Crippen LogP contribution in [0, 0.1) is 0 Å². The molecule has 2 bridgehead atoms. The molecule has 2 saturated heterocycles. The van der Waals surface area contributed by atoms with Gasteiger partial charge in [-0.3, -0.25) is 9.88 Å². The minimum atomic E-state index is 0.494. The molecule has 1 aromatic rings. The van der Waals surface area contributed by atoms with Crippen molar-refractivity contribution in [3.63, 3.8) is 0 Å². The van der Waals surface area contributed by atoms with Crippen molar-refractivity contribution in [3.05, 3.63) is 24.0 Å². The molecule has 0 amide bonds. The average molecular weight is 266 g/mol. The zero-order valence-corrected chi connectivity index (χ0v) is 11.6. The molecule has 2 fully saturated rings. The van der Waals surface area contributed by atoms with E-state index in [-0.39, 0.29) is 0 Å². The Morgan fingerprint density at radius 3 is 3.00 bits per heavy atom. The number of hydrogen-bond acceptors (Lipinski definition) is 3. The summed E-state index contributed by atoms with van der Waals surface area (Å²) in [7, 11) is 2.28. The van der Waals surface area contributed by atoms with E-state index in [2.05, 4.69) is 34.0 Å². The summed E-state index contributed by atoms with van der Waals surface area (Å²) in [6.07, 6.45) is 5.86. The number of alkyl halides is 1. The molecule has 3 heterocycles. The third-order valence-corrected chi connectivity index (χ3v) is 4.72. The van der Waals surface area contributed by atoms with Crippen LogP contribution in [0.25, 0.3) is 0 Å². The highest BCUT2D eigenvalue weighted by Gasteiger charge is 2.34. The summed E-state index contributed by atoms with van der Waals surface area (Å²) >= 11 is 5.87. The number of rotatable bonds is 2. The zero-order chi connectivity index (χ0) is 12.5. The number of nitrogens with zero attached hydrogens (tertiary/aromatic N) is 3. The van der Waals surface area contributed by atoms with Crippen molar-refractivity contribution in [2.75, 3.05) is 25.0 Å². The first kappa shape index (κ1) is 12.2. The van der Waals surface area contributed by atoms with Crippen LogP contribution in [0.3, 0.4) is 0 Å². The normalized spacial score (nSPS) is 28.4. The monoisotopic (exact) mass is 265 g/mol. The highest BCUT2D eigenvalue weighted by Crippen LogP contribution is 2.30. The van der Waals surface area contributed by atoms with Crippen molar-refractivity contribution in [1.29, 1.82) is 0 Å². The fraction of sp³-hybridized carbons (Fsp3) is 0.643. The van der Waals surface area contributed by atoms with E-state index < -0.39 is 0 Å². The second-order valence-electron chi connectivity index (χ2n) is 5.42. The van der Waals surface area contributed by atoms with Crippen LogP contribution in [0.5, 0.6) is 0 Å². The molecule has 0 aliphatic carbocycles. The van der Waals surface area contributed by atoms with E-state index in [1.807, 2.05) is 6.20 Å². The van der Waals surface area contributed by atoms with Gasteiger partial charge in [-0.15, -0.1) is 11.6 Å². The Bertz CT molecular complexity index is 423. The van der Waals surface area contributed by atoms with E-state index in [1.54, 1.807) is 0 Å². The molecule has 4 heteroatoms. The van der Waals surface area contributed by atoms with Gasteiger partial charge in [0.25, 0.3) is 0 Å². The lowest BCUT2D eigenvalue weighted by atomic mass is 10.1. The molecule has 0 saturated carbocycles. The minimum absolute atomic E-state index is 0.494. The lowest BCUT2D eigenvalue weighted by Gasteiger charge is -2.27. The van der Waals surface area contributed by atoms with E-state index in [4.69, 9.17) is 11.6 Å². The maximum Gasteiger partial charge on any atom is 0.0648 e. The molecule has 2 aliphatic rings. The number of aromatic nitrogens is 1. The Balaban J connectivity index is 1.80. The molecule has 2 atom stereocenters. The number of anilines is 1. The van der Waals surface area contributed by atoms with Crippen LogP contribution in [-0.2, 0) is 5.88 Å². The molecule has 0 N–H and O–H groups in total. The molecule has 0 aromatic carbocycles. The molecule has 18 heavy (non-hydrogen) atoms. The number of pyridine rings is 1. The third kappa shape index (κ3) is 2.21. The molecular formula is C14H20ClN3. The molecule has 3 nitrogen and oxygen atoms in total. The predicted molar refractivity (Wildman–Crippen MR) is 75.2 cm³/mol. The number of hydrogen-bond donors (Lipinski definition) is 0. The highest BCUT2D eigenvalue weighted by atomic mass is 35.5. The standard InChI is InChI=1S/C14H20ClN3/c1-17-12-2-3-14(17)10-18(7-5-12)13-4-6-16-11(8-13)9-15/h4,6,8,12,14H,2-3,5,7,9-10H2,1H3. The van der Waals surface area contributed by atoms with Crippen molar-refractivity contribution >= 4 is 17.3 Å². The number of halogens is 1. The van der Waals surface area contributed by atoms with Gasteiger partial charge in [-0.25, -0.2) is 0 Å². The van der Waals surface area contributed by atoms with Crippen LogP contribution in [0.15, 0.2) is 18.3 Å². The van der Waals surface area contributed by atoms with Gasteiger partial charge in [0.2, 0.25) is 0 Å². The SMILES string of the molecule is CN1C2CCC1CN(c1ccnc(CCl)c1)CC2. The summed E-state index contributed by atoms with van der Waals surface area (Å²) in [5, 5.41) is 0. The first-order chi connectivity index (χ1) is 8.78. The van der Waals surface area contributed by atoms with Crippen LogP contribution in [0.2, 0.25) is 0 Å². The van der Waals surface area contributed by atoms with Crippen molar-refractivity contribution < 1.29 is 0 Å². The van der Waals surface area contributed by atoms with Crippen LogP contribution < -0.4 is 4.90 Å². The van der Waals surface area contributed by atoms with Gasteiger partial charge in [0.1, 0.15) is 0 Å². The van der Waals surface area contributed by atoms with Crippen LogP contribution in [0.4, 0.5) is 5.69 Å². The quantitative estimate of drug-likeness (QED) is 0.766. The van der Waals surface area contributed by atoms with Crippen molar-refractivity contribution in [1.82, 2.24) is 9.88 Å². The van der Waals surface area contributed by atoms with E-state index in [9.17, 15) is 0 Å². The molecular weight excluding hydrogens is 246 g/mol. The molecule has 2 aliphatic heterocycles. The van der Waals surface area contributed by atoms with Gasteiger partial charge in [-0.1, -0.05) is 0 Å². The minimum Gasteiger partial charge on any atom is -0.370 e. The average Bonchev–Trinajstić information content (AvgIpc) is 2.63. The molecule has 0 radical (unpaired) electrons. The summed E-state index contributed by atoms with van der Waals surface area (Å²) < 4.78 is 0. The molecule has 98 valence electrons. The summed E-state index contributed by atoms with van der Waals surface area (Å²) in [4.78, 5) is 9.34. The molecule has 0 spiro atoms. The first-order valence-electron chi connectivity index (χ1n) is 6.75. The van der Waals surface area contributed by atoms with Crippen molar-refractivity contribution in [2.45, 2.75) is 37.2 Å². The van der Waals surface area contributed by atoms with Gasteiger partial charge in [0.15, 0.2) is 0 Å². The second kappa shape index (κ2) is 5.06. The van der Waals surface area contributed by atoms with Crippen molar-refractivity contribution in [2.24, 2.45) is 0 Å². The van der Waals surface area contributed by atoms with Gasteiger partial charge in [-0.2, -0.15) is 0 Å². The van der Waals surface area contributed by atoms with Crippen LogP contribution in [0.1, 0.15) is 25.0 Å². The predicted octanol–water partition coefficient (Wildman–Crippen LogP) is 2.49. The zero-order valence-electron chi connectivity index (χ0n) is 10.8. The Hall–Kier alpha value is -0.800. The Morgan fingerprint density at radius 1 is 1.33 bits per heavy atom. The lowest BCUT2D eigenvalue weighted by molar-refractivity contribution is 0.254. The summed E-state index contributed by atoms with van der Waals surface area (Å²) in [5.74, 6) is 0.494. The van der Waals surface area contributed by atoms with Gasteiger partial charge >= 0.3 is 0 Å². The van der Waals surface area contributed by atoms with Gasteiger partial charge in [0.05, 0.1) is 11.6 Å².